The summed E-state index contributed by atoms with van der Waals surface area (Å²) in [6.45, 7) is 2.25. The molecule has 2 heterocycles. The van der Waals surface area contributed by atoms with Gasteiger partial charge in [0, 0.05) is 30.7 Å². The molecule has 1 aliphatic heterocycles. The van der Waals surface area contributed by atoms with E-state index in [1.807, 2.05) is 12.1 Å². The van der Waals surface area contributed by atoms with Crippen molar-refractivity contribution in [2.24, 2.45) is 0 Å². The first-order valence-electron chi connectivity index (χ1n) is 11.0. The third-order valence-corrected chi connectivity index (χ3v) is 6.78. The standard InChI is InChI=1S/C23H28ClN5O3/c1-23(22(32)26-17-6-4-3-5-7-17)14-29-19(21(31)28(23)2)12-18(27-29)20(30)25-13-15-8-10-16(24)11-9-15/h8-12,17H,3-7,13-14H2,1-2H3,(H,25,30)(H,26,32)/t23-/m0/s1. The van der Waals surface area contributed by atoms with Crippen LogP contribution >= 0.6 is 11.6 Å². The van der Waals surface area contributed by atoms with E-state index >= 15 is 0 Å². The van der Waals surface area contributed by atoms with Gasteiger partial charge in [0.15, 0.2) is 5.69 Å². The summed E-state index contributed by atoms with van der Waals surface area (Å²) in [7, 11) is 1.62. The summed E-state index contributed by atoms with van der Waals surface area (Å²) in [5.74, 6) is -0.900. The number of rotatable bonds is 5. The second kappa shape index (κ2) is 8.94. The predicted octanol–water partition coefficient (Wildman–Crippen LogP) is 2.76. The maximum absolute atomic E-state index is 13.1. The van der Waals surface area contributed by atoms with Gasteiger partial charge in [-0.1, -0.05) is 43.0 Å². The molecule has 1 aromatic heterocycles. The van der Waals surface area contributed by atoms with Crippen LogP contribution in [0.25, 0.3) is 0 Å². The molecule has 1 fully saturated rings. The summed E-state index contributed by atoms with van der Waals surface area (Å²) in [4.78, 5) is 40.2. The number of likely N-dealkylation sites (N-methyl/N-ethyl adjacent to an activating group) is 1. The van der Waals surface area contributed by atoms with Crippen molar-refractivity contribution in [2.75, 3.05) is 7.05 Å². The van der Waals surface area contributed by atoms with E-state index < -0.39 is 5.54 Å². The summed E-state index contributed by atoms with van der Waals surface area (Å²) in [6, 6.07) is 8.79. The summed E-state index contributed by atoms with van der Waals surface area (Å²) in [6.07, 6.45) is 5.33. The second-order valence-electron chi connectivity index (χ2n) is 8.83. The van der Waals surface area contributed by atoms with Crippen molar-refractivity contribution in [3.05, 3.63) is 52.3 Å². The van der Waals surface area contributed by atoms with Crippen molar-refractivity contribution in [3.63, 3.8) is 0 Å². The first-order valence-corrected chi connectivity index (χ1v) is 11.4. The molecule has 1 atom stereocenters. The van der Waals surface area contributed by atoms with Crippen LogP contribution in [0.15, 0.2) is 30.3 Å². The van der Waals surface area contributed by atoms with Gasteiger partial charge in [0.25, 0.3) is 11.8 Å². The fourth-order valence-electron chi connectivity index (χ4n) is 4.30. The third-order valence-electron chi connectivity index (χ3n) is 6.53. The first kappa shape index (κ1) is 22.3. The number of benzene rings is 1. The van der Waals surface area contributed by atoms with Gasteiger partial charge in [-0.2, -0.15) is 5.10 Å². The minimum atomic E-state index is -1.08. The van der Waals surface area contributed by atoms with Crippen LogP contribution in [0.4, 0.5) is 0 Å². The van der Waals surface area contributed by atoms with Gasteiger partial charge in [0.2, 0.25) is 5.91 Å². The Hall–Kier alpha value is -2.87. The summed E-state index contributed by atoms with van der Waals surface area (Å²) < 4.78 is 1.47. The number of halogens is 1. The molecular weight excluding hydrogens is 430 g/mol. The largest absolute Gasteiger partial charge is 0.351 e. The van der Waals surface area contributed by atoms with E-state index in [0.29, 0.717) is 17.3 Å². The highest BCUT2D eigenvalue weighted by molar-refractivity contribution is 6.30. The molecule has 170 valence electrons. The van der Waals surface area contributed by atoms with Gasteiger partial charge >= 0.3 is 0 Å². The maximum Gasteiger partial charge on any atom is 0.272 e. The van der Waals surface area contributed by atoms with Crippen molar-refractivity contribution in [1.82, 2.24) is 25.3 Å². The van der Waals surface area contributed by atoms with Gasteiger partial charge in [-0.3, -0.25) is 19.1 Å². The van der Waals surface area contributed by atoms with Crippen LogP contribution in [0.3, 0.4) is 0 Å². The Morgan fingerprint density at radius 3 is 2.56 bits per heavy atom. The molecule has 9 heteroatoms. The smallest absolute Gasteiger partial charge is 0.272 e. The molecule has 2 N–H and O–H groups in total. The molecule has 1 aliphatic carbocycles. The number of nitrogens with one attached hydrogen (secondary N) is 2. The van der Waals surface area contributed by atoms with E-state index in [-0.39, 0.29) is 36.0 Å². The fourth-order valence-corrected chi connectivity index (χ4v) is 4.43. The summed E-state index contributed by atoms with van der Waals surface area (Å²) in [5.41, 5.74) is 0.263. The van der Waals surface area contributed by atoms with Crippen LogP contribution in [-0.2, 0) is 17.9 Å². The second-order valence-corrected chi connectivity index (χ2v) is 9.26. The van der Waals surface area contributed by atoms with Gasteiger partial charge in [-0.05, 0) is 37.5 Å². The van der Waals surface area contributed by atoms with Crippen LogP contribution in [0, 0.1) is 0 Å². The Labute approximate surface area is 192 Å². The van der Waals surface area contributed by atoms with E-state index in [1.54, 1.807) is 26.1 Å². The number of nitrogens with zero attached hydrogens (tertiary/aromatic N) is 3. The lowest BCUT2D eigenvalue weighted by atomic mass is 9.92. The highest BCUT2D eigenvalue weighted by Crippen LogP contribution is 2.27. The van der Waals surface area contributed by atoms with Gasteiger partial charge < -0.3 is 15.5 Å². The van der Waals surface area contributed by atoms with Crippen molar-refractivity contribution < 1.29 is 14.4 Å². The average Bonchev–Trinajstić information content (AvgIpc) is 3.21. The number of carbonyl (C=O) groups excluding carboxylic acids is 3. The number of hydrogen-bond donors (Lipinski definition) is 2. The quantitative estimate of drug-likeness (QED) is 0.721. The first-order chi connectivity index (χ1) is 15.3. The Morgan fingerprint density at radius 1 is 1.19 bits per heavy atom. The maximum atomic E-state index is 13.1. The number of fused-ring (bicyclic) bond motifs is 1. The number of aromatic nitrogens is 2. The Morgan fingerprint density at radius 2 is 1.88 bits per heavy atom. The van der Waals surface area contributed by atoms with Crippen LogP contribution in [-0.4, -0.2) is 51.0 Å². The van der Waals surface area contributed by atoms with Crippen LogP contribution in [0.5, 0.6) is 0 Å². The van der Waals surface area contributed by atoms with E-state index in [1.165, 1.54) is 22.1 Å². The number of carbonyl (C=O) groups is 3. The van der Waals surface area contributed by atoms with Crippen LogP contribution < -0.4 is 10.6 Å². The topological polar surface area (TPSA) is 96.3 Å². The zero-order chi connectivity index (χ0) is 22.9. The summed E-state index contributed by atoms with van der Waals surface area (Å²) >= 11 is 5.89. The normalized spacial score (nSPS) is 21.2. The molecule has 1 aromatic carbocycles. The molecular formula is C23H28ClN5O3. The molecule has 0 spiro atoms. The fraction of sp³-hybridized carbons (Fsp3) is 0.478. The van der Waals surface area contributed by atoms with Crippen LogP contribution in [0.1, 0.15) is 65.6 Å². The molecule has 8 nitrogen and oxygen atoms in total. The third kappa shape index (κ3) is 4.37. The molecule has 0 unspecified atom stereocenters. The highest BCUT2D eigenvalue weighted by atomic mass is 35.5. The summed E-state index contributed by atoms with van der Waals surface area (Å²) in [5, 5.41) is 10.9. The highest BCUT2D eigenvalue weighted by Gasteiger charge is 2.46. The lowest BCUT2D eigenvalue weighted by Gasteiger charge is -2.41. The van der Waals surface area contributed by atoms with Gasteiger partial charge in [-0.25, -0.2) is 0 Å². The lowest BCUT2D eigenvalue weighted by Crippen LogP contribution is -2.63. The van der Waals surface area contributed by atoms with Gasteiger partial charge in [0.1, 0.15) is 11.2 Å². The molecule has 4 rings (SSSR count). The molecule has 0 saturated heterocycles. The minimum Gasteiger partial charge on any atom is -0.351 e. The molecule has 32 heavy (non-hydrogen) atoms. The van der Waals surface area contributed by atoms with E-state index in [4.69, 9.17) is 11.6 Å². The van der Waals surface area contributed by atoms with E-state index in [9.17, 15) is 14.4 Å². The molecule has 0 radical (unpaired) electrons. The molecule has 2 aromatic rings. The number of amides is 3. The van der Waals surface area contributed by atoms with Crippen molar-refractivity contribution in [1.29, 1.82) is 0 Å². The zero-order valence-corrected chi connectivity index (χ0v) is 19.1. The average molecular weight is 458 g/mol. The van der Waals surface area contributed by atoms with Crippen LogP contribution in [0.2, 0.25) is 5.02 Å². The van der Waals surface area contributed by atoms with Crippen molar-refractivity contribution in [3.8, 4) is 0 Å². The molecule has 0 bridgehead atoms. The van der Waals surface area contributed by atoms with Crippen molar-refractivity contribution >= 4 is 29.3 Å². The minimum absolute atomic E-state index is 0.143. The van der Waals surface area contributed by atoms with E-state index in [2.05, 4.69) is 15.7 Å². The van der Waals surface area contributed by atoms with Gasteiger partial charge in [0.05, 0.1) is 6.54 Å². The lowest BCUT2D eigenvalue weighted by molar-refractivity contribution is -0.133. The Balaban J connectivity index is 1.47. The monoisotopic (exact) mass is 457 g/mol. The molecule has 2 aliphatic rings. The SMILES string of the molecule is CN1C(=O)c2cc(C(=O)NCc3ccc(Cl)cc3)nn2C[C@@]1(C)C(=O)NC1CCCCC1. The van der Waals surface area contributed by atoms with Gasteiger partial charge in [-0.15, -0.1) is 0 Å². The molecule has 3 amide bonds. The van der Waals surface area contributed by atoms with E-state index in [0.717, 1.165) is 31.2 Å². The Kier molecular flexibility index (Phi) is 6.24. The zero-order valence-electron chi connectivity index (χ0n) is 18.4. The number of hydrogen-bond acceptors (Lipinski definition) is 4. The van der Waals surface area contributed by atoms with Crippen molar-refractivity contribution in [2.45, 2.75) is 63.7 Å². The predicted molar refractivity (Wildman–Crippen MR) is 120 cm³/mol. The molecule has 1 saturated carbocycles. The Bertz CT molecular complexity index is 1030.